The van der Waals surface area contributed by atoms with Crippen molar-refractivity contribution in [2.45, 2.75) is 40.3 Å². The summed E-state index contributed by atoms with van der Waals surface area (Å²) in [4.78, 5) is 8.78. The number of hydrogen-bond donors (Lipinski definition) is 2. The lowest BCUT2D eigenvalue weighted by molar-refractivity contribution is 0.110. The van der Waals surface area contributed by atoms with Crippen LogP contribution in [-0.2, 0) is 17.8 Å². The Hall–Kier alpha value is -1.81. The lowest BCUT2D eigenvalue weighted by atomic mass is 10.1. The Bertz CT molecular complexity index is 707. The molecule has 0 aliphatic carbocycles. The molecule has 0 atom stereocenters. The molecule has 0 unspecified atom stereocenters. The van der Waals surface area contributed by atoms with Gasteiger partial charge >= 0.3 is 0 Å². The molecule has 29 heavy (non-hydrogen) atoms. The van der Waals surface area contributed by atoms with E-state index in [4.69, 9.17) is 14.5 Å². The molecule has 2 N–H and O–H groups in total. The zero-order valence-corrected chi connectivity index (χ0v) is 20.0. The molecular formula is C21H34IN5O2. The van der Waals surface area contributed by atoms with E-state index in [1.807, 2.05) is 19.4 Å². The van der Waals surface area contributed by atoms with Crippen LogP contribution in [0.1, 0.15) is 31.4 Å². The predicted molar refractivity (Wildman–Crippen MR) is 128 cm³/mol. The standard InChI is InChI=1S/C21H33N5O2.HI/c1-4-23-21(24-9-6-11-26-12-10-22-17-26)25-16-19-8-7-18(3)15-20(19)28-14-13-27-5-2;/h7-8,10,12,15,17H,4-6,9,11,13-14,16H2,1-3H3,(H2,23,24,25);1H. The van der Waals surface area contributed by atoms with Crippen LogP contribution in [0.15, 0.2) is 41.9 Å². The quantitative estimate of drug-likeness (QED) is 0.196. The van der Waals surface area contributed by atoms with Gasteiger partial charge in [0.1, 0.15) is 12.4 Å². The molecule has 1 heterocycles. The Labute approximate surface area is 191 Å². The smallest absolute Gasteiger partial charge is 0.191 e. The molecule has 1 aromatic heterocycles. The highest BCUT2D eigenvalue weighted by Crippen LogP contribution is 2.21. The molecule has 0 aliphatic rings. The Morgan fingerprint density at radius 2 is 2.07 bits per heavy atom. The zero-order valence-electron chi connectivity index (χ0n) is 17.7. The minimum Gasteiger partial charge on any atom is -0.491 e. The van der Waals surface area contributed by atoms with Crippen molar-refractivity contribution in [1.82, 2.24) is 20.2 Å². The molecule has 0 fully saturated rings. The first kappa shape index (κ1) is 25.2. The van der Waals surface area contributed by atoms with Crippen LogP contribution in [0.3, 0.4) is 0 Å². The monoisotopic (exact) mass is 515 g/mol. The number of nitrogens with one attached hydrogen (secondary N) is 2. The van der Waals surface area contributed by atoms with Gasteiger partial charge in [-0.1, -0.05) is 12.1 Å². The molecule has 0 radical (unpaired) electrons. The van der Waals surface area contributed by atoms with Crippen molar-refractivity contribution in [2.75, 3.05) is 32.9 Å². The maximum Gasteiger partial charge on any atom is 0.191 e. The van der Waals surface area contributed by atoms with Crippen LogP contribution in [0.25, 0.3) is 0 Å². The molecule has 162 valence electrons. The third-order valence-electron chi connectivity index (χ3n) is 4.11. The normalized spacial score (nSPS) is 11.1. The molecule has 7 nitrogen and oxygen atoms in total. The second-order valence-electron chi connectivity index (χ2n) is 6.43. The number of hydrogen-bond acceptors (Lipinski definition) is 4. The molecule has 0 saturated heterocycles. The number of guanidine groups is 1. The first-order valence-corrected chi connectivity index (χ1v) is 10.0. The Morgan fingerprint density at radius 3 is 2.79 bits per heavy atom. The average Bonchev–Trinajstić information content (AvgIpc) is 3.21. The average molecular weight is 515 g/mol. The SMILES string of the molecule is CCNC(=NCc1ccc(C)cc1OCCOCC)NCCCn1ccnc1.I. The lowest BCUT2D eigenvalue weighted by Crippen LogP contribution is -2.38. The number of ether oxygens (including phenoxy) is 2. The molecule has 2 aromatic rings. The van der Waals surface area contributed by atoms with E-state index in [1.165, 1.54) is 5.56 Å². The summed E-state index contributed by atoms with van der Waals surface area (Å²) >= 11 is 0. The van der Waals surface area contributed by atoms with Crippen LogP contribution in [0.5, 0.6) is 5.75 Å². The van der Waals surface area contributed by atoms with Gasteiger partial charge in [-0.2, -0.15) is 0 Å². The third kappa shape index (κ3) is 9.98. The van der Waals surface area contributed by atoms with Crippen molar-refractivity contribution in [3.63, 3.8) is 0 Å². The molecule has 0 bridgehead atoms. The van der Waals surface area contributed by atoms with Gasteiger partial charge in [-0.15, -0.1) is 24.0 Å². The predicted octanol–water partition coefficient (Wildman–Crippen LogP) is 3.37. The highest BCUT2D eigenvalue weighted by molar-refractivity contribution is 14.0. The molecule has 2 rings (SSSR count). The van der Waals surface area contributed by atoms with Crippen LogP contribution in [0.4, 0.5) is 0 Å². The van der Waals surface area contributed by atoms with Gasteiger partial charge in [-0.05, 0) is 38.8 Å². The largest absolute Gasteiger partial charge is 0.491 e. The minimum absolute atomic E-state index is 0. The van der Waals surface area contributed by atoms with Crippen LogP contribution in [0.2, 0.25) is 0 Å². The molecule has 0 saturated carbocycles. The lowest BCUT2D eigenvalue weighted by Gasteiger charge is -2.14. The zero-order chi connectivity index (χ0) is 20.0. The van der Waals surface area contributed by atoms with Crippen LogP contribution >= 0.6 is 24.0 Å². The summed E-state index contributed by atoms with van der Waals surface area (Å²) in [7, 11) is 0. The van der Waals surface area contributed by atoms with Gasteiger partial charge in [0.2, 0.25) is 0 Å². The van der Waals surface area contributed by atoms with E-state index in [9.17, 15) is 0 Å². The maximum atomic E-state index is 5.91. The van der Waals surface area contributed by atoms with Crippen molar-refractivity contribution < 1.29 is 9.47 Å². The van der Waals surface area contributed by atoms with Crippen LogP contribution < -0.4 is 15.4 Å². The first-order chi connectivity index (χ1) is 13.7. The summed E-state index contributed by atoms with van der Waals surface area (Å²) in [5.41, 5.74) is 2.24. The van der Waals surface area contributed by atoms with Gasteiger partial charge in [-0.3, -0.25) is 0 Å². The fraction of sp³-hybridized carbons (Fsp3) is 0.524. The fourth-order valence-electron chi connectivity index (χ4n) is 2.68. The van der Waals surface area contributed by atoms with E-state index in [0.29, 0.717) is 26.4 Å². The number of nitrogens with zero attached hydrogens (tertiary/aromatic N) is 3. The van der Waals surface area contributed by atoms with Crippen molar-refractivity contribution in [2.24, 2.45) is 4.99 Å². The maximum absolute atomic E-state index is 5.91. The Balaban J connectivity index is 0.00000420. The molecule has 0 amide bonds. The van der Waals surface area contributed by atoms with E-state index >= 15 is 0 Å². The summed E-state index contributed by atoms with van der Waals surface area (Å²) in [5, 5.41) is 6.68. The number of imidazole rings is 1. The van der Waals surface area contributed by atoms with Gasteiger partial charge in [-0.25, -0.2) is 9.98 Å². The van der Waals surface area contributed by atoms with E-state index < -0.39 is 0 Å². The topological polar surface area (TPSA) is 72.7 Å². The van der Waals surface area contributed by atoms with Crippen molar-refractivity contribution in [3.05, 3.63) is 48.0 Å². The number of halogens is 1. The Kier molecular flexibility index (Phi) is 13.1. The van der Waals surface area contributed by atoms with E-state index in [1.54, 1.807) is 6.20 Å². The number of rotatable bonds is 12. The van der Waals surface area contributed by atoms with Gasteiger partial charge in [0.15, 0.2) is 5.96 Å². The van der Waals surface area contributed by atoms with E-state index in [2.05, 4.69) is 52.2 Å². The minimum atomic E-state index is 0. The number of benzene rings is 1. The van der Waals surface area contributed by atoms with Gasteiger partial charge in [0, 0.05) is 44.2 Å². The Morgan fingerprint density at radius 1 is 1.21 bits per heavy atom. The highest BCUT2D eigenvalue weighted by atomic mass is 127. The molecule has 8 heteroatoms. The summed E-state index contributed by atoms with van der Waals surface area (Å²) in [6, 6.07) is 6.23. The van der Waals surface area contributed by atoms with Gasteiger partial charge in [0.25, 0.3) is 0 Å². The second kappa shape index (κ2) is 15.1. The number of aliphatic imine (C=N–C) groups is 1. The molecule has 0 aliphatic heterocycles. The van der Waals surface area contributed by atoms with Crippen molar-refractivity contribution in [3.8, 4) is 5.75 Å². The molecule has 1 aromatic carbocycles. The van der Waals surface area contributed by atoms with Crippen LogP contribution in [0, 0.1) is 6.92 Å². The van der Waals surface area contributed by atoms with E-state index in [-0.39, 0.29) is 24.0 Å². The van der Waals surface area contributed by atoms with Crippen molar-refractivity contribution in [1.29, 1.82) is 0 Å². The summed E-state index contributed by atoms with van der Waals surface area (Å²) in [5.74, 6) is 1.69. The molecule has 0 spiro atoms. The summed E-state index contributed by atoms with van der Waals surface area (Å²) in [6.45, 7) is 11.1. The summed E-state index contributed by atoms with van der Waals surface area (Å²) in [6.07, 6.45) is 6.61. The third-order valence-corrected chi connectivity index (χ3v) is 4.11. The first-order valence-electron chi connectivity index (χ1n) is 10.0. The van der Waals surface area contributed by atoms with E-state index in [0.717, 1.165) is 43.3 Å². The highest BCUT2D eigenvalue weighted by Gasteiger charge is 2.05. The number of aryl methyl sites for hydroxylation is 2. The van der Waals surface area contributed by atoms with Gasteiger partial charge < -0.3 is 24.7 Å². The van der Waals surface area contributed by atoms with Gasteiger partial charge in [0.05, 0.1) is 19.5 Å². The fourth-order valence-corrected chi connectivity index (χ4v) is 2.68. The number of aromatic nitrogens is 2. The van der Waals surface area contributed by atoms with Crippen molar-refractivity contribution >= 4 is 29.9 Å². The molecular weight excluding hydrogens is 481 g/mol. The second-order valence-corrected chi connectivity index (χ2v) is 6.43. The van der Waals surface area contributed by atoms with Crippen LogP contribution in [-0.4, -0.2) is 48.4 Å². The summed E-state index contributed by atoms with van der Waals surface area (Å²) < 4.78 is 13.3.